The van der Waals surface area contributed by atoms with Gasteiger partial charge in [0.1, 0.15) is 0 Å². The number of rotatable bonds is 0. The fraction of sp³-hybridized carbons (Fsp3) is 0.118. The van der Waals surface area contributed by atoms with E-state index in [-0.39, 0.29) is 17.2 Å². The topological polar surface area (TPSA) is 78.0 Å². The lowest BCUT2D eigenvalue weighted by molar-refractivity contribution is 0.103. The molecule has 0 bridgehead atoms. The van der Waals surface area contributed by atoms with Crippen LogP contribution < -0.4 is 11.3 Å². The number of nitrogens with zero attached hydrogens (tertiary/aromatic N) is 2. The Labute approximate surface area is 127 Å². The smallest absolute Gasteiger partial charge is 0.266 e. The third kappa shape index (κ3) is 1.79. The quantitative estimate of drug-likeness (QED) is 0.536. The molecular weight excluding hydrogens is 278 g/mol. The van der Waals surface area contributed by atoms with Gasteiger partial charge < -0.3 is 5.73 Å². The zero-order valence-electron chi connectivity index (χ0n) is 12.3. The van der Waals surface area contributed by atoms with Crippen LogP contribution in [0.5, 0.6) is 0 Å². The van der Waals surface area contributed by atoms with E-state index >= 15 is 0 Å². The monoisotopic (exact) mass is 293 g/mol. The maximum atomic E-state index is 12.6. The summed E-state index contributed by atoms with van der Waals surface area (Å²) in [6.07, 6.45) is 0. The lowest BCUT2D eigenvalue weighted by atomic mass is 10.1. The van der Waals surface area contributed by atoms with E-state index in [0.29, 0.717) is 22.2 Å². The van der Waals surface area contributed by atoms with Crippen LogP contribution in [-0.4, -0.2) is 22.4 Å². The molecule has 3 aromatic rings. The number of para-hydroxylation sites is 1. The molecule has 0 amide bonds. The molecule has 22 heavy (non-hydrogen) atoms. The van der Waals surface area contributed by atoms with Crippen LogP contribution in [-0.2, 0) is 0 Å². The number of hydrogen-bond acceptors (Lipinski definition) is 4. The molecule has 1 aliphatic heterocycles. The summed E-state index contributed by atoms with van der Waals surface area (Å²) in [5.41, 5.74) is 6.94. The third-order valence-corrected chi connectivity index (χ3v) is 3.70. The molecule has 1 aliphatic rings. The minimum atomic E-state index is -0.191. The number of nitrogens with two attached hydrogens (primary N) is 1. The van der Waals surface area contributed by atoms with Gasteiger partial charge in [-0.05, 0) is 37.7 Å². The van der Waals surface area contributed by atoms with E-state index in [2.05, 4.69) is 10.7 Å². The Morgan fingerprint density at radius 1 is 1.00 bits per heavy atom. The highest BCUT2D eigenvalue weighted by Gasteiger charge is 2.31. The minimum Gasteiger partial charge on any atom is -0.333 e. The van der Waals surface area contributed by atoms with Crippen molar-refractivity contribution in [2.75, 3.05) is 7.05 Å². The zero-order chi connectivity index (χ0) is 15.9. The number of aromatic nitrogens is 2. The van der Waals surface area contributed by atoms with Crippen LogP contribution in [0.3, 0.4) is 0 Å². The van der Waals surface area contributed by atoms with E-state index in [0.717, 1.165) is 5.56 Å². The molecule has 0 radical (unpaired) electrons. The van der Waals surface area contributed by atoms with Gasteiger partial charge in [0.05, 0.1) is 22.2 Å². The first-order valence-corrected chi connectivity index (χ1v) is 6.92. The highest BCUT2D eigenvalue weighted by Crippen LogP contribution is 2.28. The van der Waals surface area contributed by atoms with Crippen LogP contribution >= 0.6 is 0 Å². The average Bonchev–Trinajstić information content (AvgIpc) is 2.84. The lowest BCUT2D eigenvalue weighted by Crippen LogP contribution is -2.21. The standard InChI is InChI=1S/C16H10N2O2.CH5N/c1-9-5-4-8-12-13(9)14(19)15-17-11-7-3-2-6-10(11)16(20)18(12)15;1-2/h2-8H,1H3;2H2,1H3. The summed E-state index contributed by atoms with van der Waals surface area (Å²) >= 11 is 0. The number of carbonyl (C=O) groups excluding carboxylic acids is 1. The van der Waals surface area contributed by atoms with Gasteiger partial charge in [0.15, 0.2) is 5.82 Å². The first-order chi connectivity index (χ1) is 10.7. The molecule has 0 saturated heterocycles. The first kappa shape index (κ1) is 14.2. The number of aryl methyl sites for hydroxylation is 1. The van der Waals surface area contributed by atoms with Gasteiger partial charge in [-0.15, -0.1) is 0 Å². The molecule has 110 valence electrons. The molecule has 5 nitrogen and oxygen atoms in total. The Morgan fingerprint density at radius 2 is 1.73 bits per heavy atom. The number of ketones is 1. The van der Waals surface area contributed by atoms with Crippen molar-refractivity contribution >= 4 is 16.7 Å². The number of fused-ring (bicyclic) bond motifs is 4. The molecule has 0 fully saturated rings. The molecule has 1 aromatic heterocycles. The Kier molecular flexibility index (Phi) is 3.35. The number of carbonyl (C=O) groups is 1. The third-order valence-electron chi connectivity index (χ3n) is 3.70. The zero-order valence-corrected chi connectivity index (χ0v) is 12.3. The van der Waals surface area contributed by atoms with Gasteiger partial charge in [0.2, 0.25) is 5.78 Å². The Hall–Kier alpha value is -2.79. The molecule has 0 atom stereocenters. The Morgan fingerprint density at radius 3 is 2.50 bits per heavy atom. The molecule has 2 N–H and O–H groups in total. The van der Waals surface area contributed by atoms with Crippen LogP contribution in [0.1, 0.15) is 21.7 Å². The molecule has 0 saturated carbocycles. The highest BCUT2D eigenvalue weighted by molar-refractivity contribution is 6.14. The van der Waals surface area contributed by atoms with Crippen LogP contribution in [0.15, 0.2) is 47.3 Å². The largest absolute Gasteiger partial charge is 0.333 e. The Bertz CT molecular complexity index is 958. The van der Waals surface area contributed by atoms with Crippen molar-refractivity contribution in [1.29, 1.82) is 0 Å². The van der Waals surface area contributed by atoms with E-state index in [1.54, 1.807) is 24.3 Å². The van der Waals surface area contributed by atoms with Gasteiger partial charge in [-0.1, -0.05) is 24.3 Å². The number of hydrogen-bond donors (Lipinski definition) is 1. The maximum absolute atomic E-state index is 12.6. The van der Waals surface area contributed by atoms with E-state index in [1.807, 2.05) is 25.1 Å². The molecule has 2 heterocycles. The molecular formula is C17H15N3O2. The number of benzene rings is 2. The average molecular weight is 293 g/mol. The molecule has 4 rings (SSSR count). The second-order valence-corrected chi connectivity index (χ2v) is 4.89. The van der Waals surface area contributed by atoms with Crippen molar-refractivity contribution in [3.05, 3.63) is 69.8 Å². The summed E-state index contributed by atoms with van der Waals surface area (Å²) in [5.74, 6) is 0.0268. The summed E-state index contributed by atoms with van der Waals surface area (Å²) in [6.45, 7) is 1.87. The predicted octanol–water partition coefficient (Wildman–Crippen LogP) is 1.81. The van der Waals surface area contributed by atoms with Gasteiger partial charge >= 0.3 is 0 Å². The van der Waals surface area contributed by atoms with Gasteiger partial charge in [-0.2, -0.15) is 0 Å². The van der Waals surface area contributed by atoms with Crippen molar-refractivity contribution in [3.8, 4) is 5.69 Å². The van der Waals surface area contributed by atoms with Crippen molar-refractivity contribution in [2.24, 2.45) is 5.73 Å². The van der Waals surface area contributed by atoms with Crippen LogP contribution in [0.25, 0.3) is 16.6 Å². The fourth-order valence-electron chi connectivity index (χ4n) is 2.75. The second-order valence-electron chi connectivity index (χ2n) is 4.89. The summed E-state index contributed by atoms with van der Waals surface area (Å²) in [4.78, 5) is 29.5. The molecule has 5 heteroatoms. The van der Waals surface area contributed by atoms with Crippen molar-refractivity contribution in [3.63, 3.8) is 0 Å². The molecule has 0 aliphatic carbocycles. The van der Waals surface area contributed by atoms with E-state index in [1.165, 1.54) is 11.6 Å². The summed E-state index contributed by atoms with van der Waals surface area (Å²) in [5, 5.41) is 0.526. The fourth-order valence-corrected chi connectivity index (χ4v) is 2.75. The predicted molar refractivity (Wildman–Crippen MR) is 85.6 cm³/mol. The molecule has 0 unspecified atom stereocenters. The van der Waals surface area contributed by atoms with Crippen LogP contribution in [0.2, 0.25) is 0 Å². The SMILES string of the molecule is CN.Cc1cccc2c1C(=O)c1nc3ccccc3c(=O)n1-2. The molecule has 2 aromatic carbocycles. The van der Waals surface area contributed by atoms with E-state index in [9.17, 15) is 9.59 Å². The van der Waals surface area contributed by atoms with Crippen molar-refractivity contribution in [1.82, 2.24) is 9.55 Å². The van der Waals surface area contributed by atoms with Crippen molar-refractivity contribution < 1.29 is 4.79 Å². The van der Waals surface area contributed by atoms with Gasteiger partial charge in [0, 0.05) is 0 Å². The van der Waals surface area contributed by atoms with E-state index in [4.69, 9.17) is 0 Å². The van der Waals surface area contributed by atoms with Gasteiger partial charge in [0.25, 0.3) is 5.56 Å². The summed E-state index contributed by atoms with van der Waals surface area (Å²) in [6, 6.07) is 12.6. The van der Waals surface area contributed by atoms with Crippen molar-refractivity contribution in [2.45, 2.75) is 6.92 Å². The van der Waals surface area contributed by atoms with E-state index < -0.39 is 0 Å². The lowest BCUT2D eigenvalue weighted by Gasteiger charge is -2.05. The highest BCUT2D eigenvalue weighted by atomic mass is 16.1. The summed E-state index contributed by atoms with van der Waals surface area (Å²) < 4.78 is 1.42. The first-order valence-electron chi connectivity index (χ1n) is 6.92. The van der Waals surface area contributed by atoms with Crippen LogP contribution in [0, 0.1) is 6.92 Å². The summed E-state index contributed by atoms with van der Waals surface area (Å²) in [7, 11) is 1.50. The maximum Gasteiger partial charge on any atom is 0.266 e. The van der Waals surface area contributed by atoms with Gasteiger partial charge in [-0.3, -0.25) is 14.2 Å². The Balaban J connectivity index is 0.000000693. The normalized spacial score (nSPS) is 11.7. The van der Waals surface area contributed by atoms with Gasteiger partial charge in [-0.25, -0.2) is 4.98 Å². The molecule has 0 spiro atoms. The minimum absolute atomic E-state index is 0.180. The van der Waals surface area contributed by atoms with Crippen LogP contribution in [0.4, 0.5) is 0 Å². The second kappa shape index (κ2) is 5.20.